The van der Waals surface area contributed by atoms with Crippen molar-refractivity contribution in [2.75, 3.05) is 13.7 Å². The fraction of sp³-hybridized carbons (Fsp3) is 0.417. The van der Waals surface area contributed by atoms with E-state index in [1.165, 1.54) is 7.11 Å². The van der Waals surface area contributed by atoms with E-state index in [2.05, 4.69) is 5.32 Å². The lowest BCUT2D eigenvalue weighted by Gasteiger charge is -2.15. The molecule has 1 aromatic rings. The van der Waals surface area contributed by atoms with Gasteiger partial charge in [-0.05, 0) is 24.6 Å². The highest BCUT2D eigenvalue weighted by Gasteiger charge is 2.15. The maximum atomic E-state index is 11.9. The van der Waals surface area contributed by atoms with Crippen LogP contribution in [-0.4, -0.2) is 30.8 Å². The van der Waals surface area contributed by atoms with Gasteiger partial charge in [-0.1, -0.05) is 18.5 Å². The van der Waals surface area contributed by atoms with Crippen LogP contribution in [0.2, 0.25) is 5.02 Å². The lowest BCUT2D eigenvalue weighted by atomic mass is 10.1. The number of amides is 1. The Kier molecular flexibility index (Phi) is 5.25. The van der Waals surface area contributed by atoms with E-state index >= 15 is 0 Å². The summed E-state index contributed by atoms with van der Waals surface area (Å²) in [5.41, 5.74) is 0.406. The van der Waals surface area contributed by atoms with Gasteiger partial charge in [-0.2, -0.15) is 0 Å². The molecule has 1 atom stereocenters. The number of ether oxygens (including phenoxy) is 1. The molecular formula is C12H16ClNO3. The number of hydrogen-bond acceptors (Lipinski definition) is 3. The monoisotopic (exact) mass is 257 g/mol. The Hall–Kier alpha value is -1.26. The summed E-state index contributed by atoms with van der Waals surface area (Å²) in [7, 11) is 1.48. The number of benzene rings is 1. The lowest BCUT2D eigenvalue weighted by Crippen LogP contribution is -2.37. The third-order valence-electron chi connectivity index (χ3n) is 2.46. The summed E-state index contributed by atoms with van der Waals surface area (Å²) in [6.45, 7) is 1.80. The number of carbonyl (C=O) groups is 1. The Labute approximate surface area is 106 Å². The second-order valence-electron chi connectivity index (χ2n) is 3.61. The van der Waals surface area contributed by atoms with Crippen LogP contribution in [0, 0.1) is 0 Å². The van der Waals surface area contributed by atoms with Gasteiger partial charge in [0.15, 0.2) is 0 Å². The number of nitrogens with one attached hydrogen (secondary N) is 1. The highest BCUT2D eigenvalue weighted by atomic mass is 35.5. The van der Waals surface area contributed by atoms with Gasteiger partial charge in [0, 0.05) is 5.02 Å². The molecule has 1 rings (SSSR count). The zero-order chi connectivity index (χ0) is 12.8. The summed E-state index contributed by atoms with van der Waals surface area (Å²) < 4.78 is 5.09. The largest absolute Gasteiger partial charge is 0.496 e. The number of carbonyl (C=O) groups excluding carboxylic acids is 1. The van der Waals surface area contributed by atoms with Crippen LogP contribution in [0.5, 0.6) is 5.75 Å². The van der Waals surface area contributed by atoms with E-state index in [0.717, 1.165) is 0 Å². The lowest BCUT2D eigenvalue weighted by molar-refractivity contribution is 0.0912. The minimum atomic E-state index is -0.278. The first kappa shape index (κ1) is 13.8. The fourth-order valence-electron chi connectivity index (χ4n) is 1.39. The van der Waals surface area contributed by atoms with Crippen molar-refractivity contribution in [1.82, 2.24) is 5.32 Å². The Bertz CT molecular complexity index is 391. The first-order valence-corrected chi connectivity index (χ1v) is 5.75. The molecule has 17 heavy (non-hydrogen) atoms. The molecule has 0 fully saturated rings. The second kappa shape index (κ2) is 6.47. The quantitative estimate of drug-likeness (QED) is 0.846. The van der Waals surface area contributed by atoms with E-state index in [1.54, 1.807) is 18.2 Å². The number of aliphatic hydroxyl groups excluding tert-OH is 1. The van der Waals surface area contributed by atoms with Crippen molar-refractivity contribution in [3.8, 4) is 5.75 Å². The van der Waals surface area contributed by atoms with Gasteiger partial charge in [0.2, 0.25) is 0 Å². The number of rotatable bonds is 5. The van der Waals surface area contributed by atoms with E-state index in [0.29, 0.717) is 22.8 Å². The van der Waals surface area contributed by atoms with Crippen LogP contribution < -0.4 is 10.1 Å². The Morgan fingerprint density at radius 3 is 2.82 bits per heavy atom. The molecule has 0 heterocycles. The van der Waals surface area contributed by atoms with Crippen molar-refractivity contribution in [3.05, 3.63) is 28.8 Å². The summed E-state index contributed by atoms with van der Waals surface area (Å²) in [5.74, 6) is 0.141. The van der Waals surface area contributed by atoms with Crippen LogP contribution in [0.1, 0.15) is 23.7 Å². The minimum Gasteiger partial charge on any atom is -0.496 e. The van der Waals surface area contributed by atoms with E-state index in [1.807, 2.05) is 6.92 Å². The van der Waals surface area contributed by atoms with Crippen molar-refractivity contribution in [1.29, 1.82) is 0 Å². The number of methoxy groups -OCH3 is 1. The highest BCUT2D eigenvalue weighted by molar-refractivity contribution is 6.30. The minimum absolute atomic E-state index is 0.0852. The molecule has 0 saturated heterocycles. The molecule has 0 aliphatic carbocycles. The van der Waals surface area contributed by atoms with Crippen molar-refractivity contribution in [3.63, 3.8) is 0 Å². The molecule has 0 aliphatic rings. The van der Waals surface area contributed by atoms with Crippen LogP contribution in [-0.2, 0) is 0 Å². The highest BCUT2D eigenvalue weighted by Crippen LogP contribution is 2.23. The smallest absolute Gasteiger partial charge is 0.255 e. The Balaban J connectivity index is 2.88. The number of aliphatic hydroxyl groups is 1. The number of hydrogen-bond donors (Lipinski definition) is 2. The molecule has 4 nitrogen and oxygen atoms in total. The van der Waals surface area contributed by atoms with Crippen LogP contribution in [0.25, 0.3) is 0 Å². The van der Waals surface area contributed by atoms with E-state index in [4.69, 9.17) is 21.4 Å². The molecule has 0 radical (unpaired) electrons. The molecular weight excluding hydrogens is 242 g/mol. The van der Waals surface area contributed by atoms with Gasteiger partial charge in [0.1, 0.15) is 5.75 Å². The summed E-state index contributed by atoms with van der Waals surface area (Å²) in [6, 6.07) is 4.55. The molecule has 5 heteroatoms. The maximum Gasteiger partial charge on any atom is 0.255 e. The zero-order valence-corrected chi connectivity index (χ0v) is 10.6. The Morgan fingerprint density at radius 1 is 1.59 bits per heavy atom. The first-order chi connectivity index (χ1) is 8.12. The molecule has 94 valence electrons. The third-order valence-corrected chi connectivity index (χ3v) is 2.69. The molecule has 0 aliphatic heterocycles. The molecule has 1 aromatic carbocycles. The SMILES string of the molecule is CC[C@H](CO)NC(=O)c1ccc(Cl)cc1OC. The van der Waals surface area contributed by atoms with Gasteiger partial charge < -0.3 is 15.2 Å². The molecule has 2 N–H and O–H groups in total. The average Bonchev–Trinajstić information content (AvgIpc) is 2.35. The standard InChI is InChI=1S/C12H16ClNO3/c1-3-9(7-15)14-12(16)10-5-4-8(13)6-11(10)17-2/h4-6,9,15H,3,7H2,1-2H3,(H,14,16)/t9-/m1/s1. The van der Waals surface area contributed by atoms with E-state index < -0.39 is 0 Å². The predicted molar refractivity (Wildman–Crippen MR) is 66.6 cm³/mol. The molecule has 0 unspecified atom stereocenters. The molecule has 0 aromatic heterocycles. The molecule has 1 amide bonds. The maximum absolute atomic E-state index is 11.9. The van der Waals surface area contributed by atoms with Gasteiger partial charge in [0.25, 0.3) is 5.91 Å². The summed E-state index contributed by atoms with van der Waals surface area (Å²) in [4.78, 5) is 11.9. The fourth-order valence-corrected chi connectivity index (χ4v) is 1.55. The van der Waals surface area contributed by atoms with Gasteiger partial charge in [-0.15, -0.1) is 0 Å². The summed E-state index contributed by atoms with van der Waals surface area (Å²) in [6.07, 6.45) is 0.665. The average molecular weight is 258 g/mol. The summed E-state index contributed by atoms with van der Waals surface area (Å²) >= 11 is 5.81. The van der Waals surface area contributed by atoms with Crippen LogP contribution in [0.4, 0.5) is 0 Å². The van der Waals surface area contributed by atoms with Crippen LogP contribution in [0.15, 0.2) is 18.2 Å². The molecule has 0 bridgehead atoms. The van der Waals surface area contributed by atoms with Gasteiger partial charge >= 0.3 is 0 Å². The predicted octanol–water partition coefficient (Wildman–Crippen LogP) is 1.85. The van der Waals surface area contributed by atoms with Crippen molar-refractivity contribution >= 4 is 17.5 Å². The van der Waals surface area contributed by atoms with Gasteiger partial charge in [0.05, 0.1) is 25.3 Å². The molecule has 0 saturated carbocycles. The first-order valence-electron chi connectivity index (χ1n) is 5.37. The van der Waals surface area contributed by atoms with Crippen LogP contribution >= 0.6 is 11.6 Å². The molecule has 0 spiro atoms. The van der Waals surface area contributed by atoms with Crippen LogP contribution in [0.3, 0.4) is 0 Å². The van der Waals surface area contributed by atoms with Crippen molar-refractivity contribution in [2.24, 2.45) is 0 Å². The van der Waals surface area contributed by atoms with E-state index in [9.17, 15) is 4.79 Å². The Morgan fingerprint density at radius 2 is 2.29 bits per heavy atom. The van der Waals surface area contributed by atoms with E-state index in [-0.39, 0.29) is 18.6 Å². The topological polar surface area (TPSA) is 58.6 Å². The van der Waals surface area contributed by atoms with Gasteiger partial charge in [-0.25, -0.2) is 0 Å². The number of halogens is 1. The second-order valence-corrected chi connectivity index (χ2v) is 4.04. The van der Waals surface area contributed by atoms with Gasteiger partial charge in [-0.3, -0.25) is 4.79 Å². The normalized spacial score (nSPS) is 12.0. The van der Waals surface area contributed by atoms with Crippen molar-refractivity contribution in [2.45, 2.75) is 19.4 Å². The zero-order valence-electron chi connectivity index (χ0n) is 9.87. The third kappa shape index (κ3) is 3.61. The summed E-state index contributed by atoms with van der Waals surface area (Å²) in [5, 5.41) is 12.2. The van der Waals surface area contributed by atoms with Crippen molar-refractivity contribution < 1.29 is 14.6 Å².